The average Bonchev–Trinajstić information content (AvgIpc) is 2.71. The van der Waals surface area contributed by atoms with Gasteiger partial charge in [0.15, 0.2) is 0 Å². The van der Waals surface area contributed by atoms with Crippen LogP contribution in [0.1, 0.15) is 26.2 Å². The summed E-state index contributed by atoms with van der Waals surface area (Å²) in [6, 6.07) is 14.8. The van der Waals surface area contributed by atoms with Crippen molar-refractivity contribution in [2.45, 2.75) is 31.1 Å². The molecule has 0 radical (unpaired) electrons. The molecule has 0 aliphatic heterocycles. The summed E-state index contributed by atoms with van der Waals surface area (Å²) in [7, 11) is -2.29. The molecule has 2 aromatic rings. The highest BCUT2D eigenvalue weighted by Gasteiger charge is 2.21. The number of rotatable bonds is 9. The Balaban J connectivity index is 2.05. The first-order valence-electron chi connectivity index (χ1n) is 9.05. The SMILES string of the molecule is CCCNC(=O)CCC(=O)Nc1cccc(S(=O)(=O)N(C)c2ccccc2)c1. The first kappa shape index (κ1) is 21.4. The summed E-state index contributed by atoms with van der Waals surface area (Å²) in [6.07, 6.45) is 0.938. The molecule has 2 aromatic carbocycles. The van der Waals surface area contributed by atoms with Crippen molar-refractivity contribution in [2.75, 3.05) is 23.2 Å². The molecule has 28 heavy (non-hydrogen) atoms. The lowest BCUT2D eigenvalue weighted by Crippen LogP contribution is -2.26. The summed E-state index contributed by atoms with van der Waals surface area (Å²) in [6.45, 7) is 2.53. The Labute approximate surface area is 165 Å². The van der Waals surface area contributed by atoms with Gasteiger partial charge in [-0.3, -0.25) is 13.9 Å². The molecule has 0 aliphatic carbocycles. The van der Waals surface area contributed by atoms with Crippen LogP contribution in [-0.2, 0) is 19.6 Å². The van der Waals surface area contributed by atoms with Crippen LogP contribution in [0.4, 0.5) is 11.4 Å². The number of amides is 2. The maximum Gasteiger partial charge on any atom is 0.264 e. The van der Waals surface area contributed by atoms with Crippen LogP contribution in [0.25, 0.3) is 0 Å². The van der Waals surface area contributed by atoms with Crippen molar-refractivity contribution in [1.82, 2.24) is 5.32 Å². The van der Waals surface area contributed by atoms with E-state index in [9.17, 15) is 18.0 Å². The molecule has 0 saturated carbocycles. The van der Waals surface area contributed by atoms with Gasteiger partial charge in [0.25, 0.3) is 10.0 Å². The summed E-state index contributed by atoms with van der Waals surface area (Å²) in [5.74, 6) is -0.532. The third kappa shape index (κ3) is 5.82. The van der Waals surface area contributed by atoms with Gasteiger partial charge in [-0.25, -0.2) is 8.42 Å². The minimum absolute atomic E-state index is 0.0242. The highest BCUT2D eigenvalue weighted by Crippen LogP contribution is 2.23. The molecule has 0 bridgehead atoms. The van der Waals surface area contributed by atoms with Crippen molar-refractivity contribution in [3.8, 4) is 0 Å². The predicted molar refractivity (Wildman–Crippen MR) is 110 cm³/mol. The Hall–Kier alpha value is -2.87. The van der Waals surface area contributed by atoms with E-state index in [0.29, 0.717) is 17.9 Å². The molecule has 0 heterocycles. The first-order chi connectivity index (χ1) is 13.3. The predicted octanol–water partition coefficient (Wildman–Crippen LogP) is 2.76. The fraction of sp³-hybridized carbons (Fsp3) is 0.300. The minimum Gasteiger partial charge on any atom is -0.356 e. The van der Waals surface area contributed by atoms with Gasteiger partial charge in [0, 0.05) is 32.1 Å². The average molecular weight is 404 g/mol. The molecule has 0 spiro atoms. The molecule has 8 heteroatoms. The number of anilines is 2. The van der Waals surface area contributed by atoms with Gasteiger partial charge in [-0.05, 0) is 36.8 Å². The second-order valence-corrected chi connectivity index (χ2v) is 8.20. The van der Waals surface area contributed by atoms with E-state index in [1.807, 2.05) is 13.0 Å². The number of benzene rings is 2. The molecule has 2 rings (SSSR count). The van der Waals surface area contributed by atoms with E-state index < -0.39 is 10.0 Å². The number of sulfonamides is 1. The Kier molecular flexibility index (Phi) is 7.57. The maximum absolute atomic E-state index is 12.8. The van der Waals surface area contributed by atoms with Gasteiger partial charge in [0.05, 0.1) is 10.6 Å². The normalized spacial score (nSPS) is 10.9. The molecule has 0 atom stereocenters. The first-order valence-corrected chi connectivity index (χ1v) is 10.5. The molecule has 7 nitrogen and oxygen atoms in total. The van der Waals surface area contributed by atoms with E-state index in [1.165, 1.54) is 23.5 Å². The fourth-order valence-electron chi connectivity index (χ4n) is 2.47. The molecular weight excluding hydrogens is 378 g/mol. The van der Waals surface area contributed by atoms with E-state index in [1.54, 1.807) is 36.4 Å². The topological polar surface area (TPSA) is 95.6 Å². The number of nitrogens with zero attached hydrogens (tertiary/aromatic N) is 1. The summed E-state index contributed by atoms with van der Waals surface area (Å²) in [4.78, 5) is 23.7. The van der Waals surface area contributed by atoms with Crippen LogP contribution in [-0.4, -0.2) is 33.8 Å². The summed E-state index contributed by atoms with van der Waals surface area (Å²) in [5, 5.41) is 5.35. The van der Waals surface area contributed by atoms with E-state index in [2.05, 4.69) is 10.6 Å². The van der Waals surface area contributed by atoms with Gasteiger partial charge >= 0.3 is 0 Å². The van der Waals surface area contributed by atoms with Crippen LogP contribution in [0.5, 0.6) is 0 Å². The largest absolute Gasteiger partial charge is 0.356 e. The Morgan fingerprint density at radius 1 is 0.964 bits per heavy atom. The van der Waals surface area contributed by atoms with Crippen molar-refractivity contribution in [2.24, 2.45) is 0 Å². The Morgan fingerprint density at radius 3 is 2.32 bits per heavy atom. The monoisotopic (exact) mass is 403 g/mol. The molecule has 0 unspecified atom stereocenters. The lowest BCUT2D eigenvalue weighted by Gasteiger charge is -2.19. The van der Waals surface area contributed by atoms with E-state index in [4.69, 9.17) is 0 Å². The Morgan fingerprint density at radius 2 is 1.64 bits per heavy atom. The zero-order valence-electron chi connectivity index (χ0n) is 16.0. The van der Waals surface area contributed by atoms with Crippen LogP contribution < -0.4 is 14.9 Å². The zero-order valence-corrected chi connectivity index (χ0v) is 16.8. The van der Waals surface area contributed by atoms with Crippen molar-refractivity contribution in [1.29, 1.82) is 0 Å². The van der Waals surface area contributed by atoms with Gasteiger partial charge in [-0.15, -0.1) is 0 Å². The van der Waals surface area contributed by atoms with E-state index in [0.717, 1.165) is 6.42 Å². The summed E-state index contributed by atoms with van der Waals surface area (Å²) in [5.41, 5.74) is 0.900. The quantitative estimate of drug-likeness (QED) is 0.673. The number of para-hydroxylation sites is 1. The molecule has 2 N–H and O–H groups in total. The molecular formula is C20H25N3O4S. The zero-order chi connectivity index (χ0) is 20.6. The third-order valence-electron chi connectivity index (χ3n) is 4.05. The molecule has 150 valence electrons. The lowest BCUT2D eigenvalue weighted by molar-refractivity contribution is -0.124. The fourth-order valence-corrected chi connectivity index (χ4v) is 3.71. The molecule has 0 aliphatic rings. The van der Waals surface area contributed by atoms with Gasteiger partial charge < -0.3 is 10.6 Å². The lowest BCUT2D eigenvalue weighted by atomic mass is 10.2. The molecule has 0 fully saturated rings. The number of carbonyl (C=O) groups is 2. The van der Waals surface area contributed by atoms with Gasteiger partial charge in [-0.1, -0.05) is 31.2 Å². The molecule has 0 saturated heterocycles. The highest BCUT2D eigenvalue weighted by molar-refractivity contribution is 7.92. The van der Waals surface area contributed by atoms with Crippen LogP contribution in [0.3, 0.4) is 0 Å². The van der Waals surface area contributed by atoms with Crippen molar-refractivity contribution in [3.63, 3.8) is 0 Å². The number of hydrogen-bond donors (Lipinski definition) is 2. The number of carbonyl (C=O) groups excluding carboxylic acids is 2. The second-order valence-electron chi connectivity index (χ2n) is 6.23. The maximum atomic E-state index is 12.8. The van der Waals surface area contributed by atoms with Crippen molar-refractivity contribution < 1.29 is 18.0 Å². The standard InChI is InChI=1S/C20H25N3O4S/c1-3-14-21-19(24)12-13-20(25)22-16-8-7-11-18(15-16)28(26,27)23(2)17-9-5-4-6-10-17/h4-11,15H,3,12-14H2,1-2H3,(H,21,24)(H,22,25). The summed E-state index contributed by atoms with van der Waals surface area (Å²) >= 11 is 0. The van der Waals surface area contributed by atoms with Gasteiger partial charge in [-0.2, -0.15) is 0 Å². The van der Waals surface area contributed by atoms with Crippen LogP contribution in [0.2, 0.25) is 0 Å². The number of nitrogens with one attached hydrogen (secondary N) is 2. The van der Waals surface area contributed by atoms with Crippen LogP contribution in [0.15, 0.2) is 59.5 Å². The van der Waals surface area contributed by atoms with E-state index >= 15 is 0 Å². The van der Waals surface area contributed by atoms with Gasteiger partial charge in [0.1, 0.15) is 0 Å². The van der Waals surface area contributed by atoms with E-state index in [-0.39, 0.29) is 29.6 Å². The number of hydrogen-bond acceptors (Lipinski definition) is 4. The van der Waals surface area contributed by atoms with Crippen molar-refractivity contribution in [3.05, 3.63) is 54.6 Å². The van der Waals surface area contributed by atoms with Crippen molar-refractivity contribution >= 4 is 33.2 Å². The molecule has 0 aromatic heterocycles. The third-order valence-corrected chi connectivity index (χ3v) is 5.83. The Bertz CT molecular complexity index is 914. The summed E-state index contributed by atoms with van der Waals surface area (Å²) < 4.78 is 26.9. The van der Waals surface area contributed by atoms with Gasteiger partial charge in [0.2, 0.25) is 11.8 Å². The van der Waals surface area contributed by atoms with Crippen LogP contribution >= 0.6 is 0 Å². The highest BCUT2D eigenvalue weighted by atomic mass is 32.2. The smallest absolute Gasteiger partial charge is 0.264 e. The molecule has 2 amide bonds. The second kappa shape index (κ2) is 9.89. The minimum atomic E-state index is -3.77. The van der Waals surface area contributed by atoms with Crippen LogP contribution in [0, 0.1) is 0 Å².